The minimum atomic E-state index is -0.0000789. The van der Waals surface area contributed by atoms with Crippen molar-refractivity contribution in [2.45, 2.75) is 26.0 Å². The van der Waals surface area contributed by atoms with Gasteiger partial charge in [-0.1, -0.05) is 37.3 Å². The van der Waals surface area contributed by atoms with Crippen molar-refractivity contribution in [1.82, 2.24) is 19.7 Å². The number of carbonyl (C=O) groups is 1. The van der Waals surface area contributed by atoms with E-state index in [4.69, 9.17) is 9.84 Å². The Morgan fingerprint density at radius 2 is 2.07 bits per heavy atom. The Labute approximate surface area is 164 Å². The molecule has 1 aliphatic heterocycles. The van der Waals surface area contributed by atoms with Crippen LogP contribution in [0.4, 0.5) is 0 Å². The Hall–Kier alpha value is -2.99. The third-order valence-electron chi connectivity index (χ3n) is 5.00. The number of rotatable bonds is 5. The van der Waals surface area contributed by atoms with E-state index in [1.54, 1.807) is 12.4 Å². The number of benzene rings is 1. The number of ether oxygens (including phenoxy) is 1. The molecule has 1 unspecified atom stereocenters. The van der Waals surface area contributed by atoms with E-state index in [9.17, 15) is 4.79 Å². The zero-order valence-electron chi connectivity index (χ0n) is 16.0. The van der Waals surface area contributed by atoms with Crippen molar-refractivity contribution in [3.63, 3.8) is 0 Å². The Kier molecular flexibility index (Phi) is 5.48. The van der Waals surface area contributed by atoms with Gasteiger partial charge in [-0.3, -0.25) is 14.5 Å². The minimum absolute atomic E-state index is 0.0000789. The largest absolute Gasteiger partial charge is 0.375 e. The molecule has 28 heavy (non-hydrogen) atoms. The molecule has 4 rings (SSSR count). The lowest BCUT2D eigenvalue weighted by atomic mass is 10.1. The van der Waals surface area contributed by atoms with Gasteiger partial charge in [0.2, 0.25) is 0 Å². The second-order valence-electron chi connectivity index (χ2n) is 6.97. The fraction of sp³-hybridized carbons (Fsp3) is 0.318. The van der Waals surface area contributed by atoms with Crippen LogP contribution in [-0.4, -0.2) is 51.4 Å². The Balaban J connectivity index is 1.67. The van der Waals surface area contributed by atoms with Crippen molar-refractivity contribution in [3.8, 4) is 11.3 Å². The first kappa shape index (κ1) is 18.4. The zero-order chi connectivity index (χ0) is 19.3. The number of nitrogens with zero attached hydrogens (tertiary/aromatic N) is 4. The molecule has 1 aromatic carbocycles. The molecule has 0 saturated carbocycles. The highest BCUT2D eigenvalue weighted by Crippen LogP contribution is 2.24. The average molecular weight is 376 g/mol. The van der Waals surface area contributed by atoms with Crippen LogP contribution in [0.15, 0.2) is 61.1 Å². The van der Waals surface area contributed by atoms with E-state index in [0.29, 0.717) is 37.5 Å². The van der Waals surface area contributed by atoms with Crippen molar-refractivity contribution in [3.05, 3.63) is 72.2 Å². The van der Waals surface area contributed by atoms with Crippen molar-refractivity contribution in [1.29, 1.82) is 0 Å². The number of carbonyl (C=O) groups excluding carboxylic acids is 1. The van der Waals surface area contributed by atoms with E-state index >= 15 is 0 Å². The maximum atomic E-state index is 13.3. The molecule has 1 aliphatic rings. The van der Waals surface area contributed by atoms with Gasteiger partial charge in [-0.25, -0.2) is 0 Å². The van der Waals surface area contributed by atoms with Gasteiger partial charge in [-0.2, -0.15) is 5.10 Å². The molecule has 0 N–H and O–H groups in total. The summed E-state index contributed by atoms with van der Waals surface area (Å²) in [4.78, 5) is 19.4. The number of hydrogen-bond donors (Lipinski definition) is 0. The second kappa shape index (κ2) is 8.35. The van der Waals surface area contributed by atoms with Gasteiger partial charge in [0.25, 0.3) is 5.91 Å². The lowest BCUT2D eigenvalue weighted by molar-refractivity contribution is -0.0226. The summed E-state index contributed by atoms with van der Waals surface area (Å²) < 4.78 is 7.55. The van der Waals surface area contributed by atoms with Gasteiger partial charge in [0.15, 0.2) is 0 Å². The van der Waals surface area contributed by atoms with Crippen LogP contribution in [0.2, 0.25) is 0 Å². The predicted octanol–water partition coefficient (Wildman–Crippen LogP) is 3.24. The van der Waals surface area contributed by atoms with Crippen LogP contribution in [-0.2, 0) is 11.3 Å². The molecule has 3 heterocycles. The molecular weight excluding hydrogens is 352 g/mol. The van der Waals surface area contributed by atoms with Gasteiger partial charge in [0.05, 0.1) is 24.8 Å². The van der Waals surface area contributed by atoms with Crippen LogP contribution in [0.5, 0.6) is 0 Å². The standard InChI is InChI=1S/C22H24N4O2/c1-2-19-15-25(11-12-28-19)22(27)20-16-26(14-17-7-4-3-5-8-17)24-21(20)18-9-6-10-23-13-18/h3-10,13,16,19H,2,11-12,14-15H2,1H3. The molecule has 0 spiro atoms. The summed E-state index contributed by atoms with van der Waals surface area (Å²) in [5.41, 5.74) is 3.27. The van der Waals surface area contributed by atoms with E-state index in [-0.39, 0.29) is 12.0 Å². The van der Waals surface area contributed by atoms with Gasteiger partial charge in [-0.15, -0.1) is 0 Å². The van der Waals surface area contributed by atoms with Crippen LogP contribution in [0, 0.1) is 0 Å². The molecule has 144 valence electrons. The summed E-state index contributed by atoms with van der Waals surface area (Å²) in [7, 11) is 0. The number of amides is 1. The van der Waals surface area contributed by atoms with E-state index in [1.807, 2.05) is 46.1 Å². The summed E-state index contributed by atoms with van der Waals surface area (Å²) in [5, 5.41) is 4.73. The summed E-state index contributed by atoms with van der Waals surface area (Å²) in [5.74, 6) is -0.0000789. The topological polar surface area (TPSA) is 60.2 Å². The summed E-state index contributed by atoms with van der Waals surface area (Å²) in [6.45, 7) is 4.49. The maximum absolute atomic E-state index is 13.3. The van der Waals surface area contributed by atoms with E-state index < -0.39 is 0 Å². The molecule has 1 amide bonds. The lowest BCUT2D eigenvalue weighted by Gasteiger charge is -2.32. The Bertz CT molecular complexity index is 924. The van der Waals surface area contributed by atoms with Crippen molar-refractivity contribution >= 4 is 5.91 Å². The molecule has 6 heteroatoms. The Morgan fingerprint density at radius 3 is 2.82 bits per heavy atom. The predicted molar refractivity (Wildman–Crippen MR) is 107 cm³/mol. The first-order chi connectivity index (χ1) is 13.7. The highest BCUT2D eigenvalue weighted by molar-refractivity contribution is 5.99. The normalized spacial score (nSPS) is 16.9. The molecule has 1 fully saturated rings. The van der Waals surface area contributed by atoms with Gasteiger partial charge < -0.3 is 9.64 Å². The lowest BCUT2D eigenvalue weighted by Crippen LogP contribution is -2.45. The molecule has 1 saturated heterocycles. The molecule has 1 atom stereocenters. The third-order valence-corrected chi connectivity index (χ3v) is 5.00. The van der Waals surface area contributed by atoms with Crippen LogP contribution < -0.4 is 0 Å². The van der Waals surface area contributed by atoms with Crippen LogP contribution in [0.25, 0.3) is 11.3 Å². The molecule has 0 aliphatic carbocycles. The summed E-state index contributed by atoms with van der Waals surface area (Å²) in [6, 6.07) is 13.9. The van der Waals surface area contributed by atoms with Gasteiger partial charge >= 0.3 is 0 Å². The monoisotopic (exact) mass is 376 g/mol. The second-order valence-corrected chi connectivity index (χ2v) is 6.97. The van der Waals surface area contributed by atoms with Crippen LogP contribution >= 0.6 is 0 Å². The van der Waals surface area contributed by atoms with E-state index in [2.05, 4.69) is 24.0 Å². The quantitative estimate of drug-likeness (QED) is 0.686. The number of pyridine rings is 1. The van der Waals surface area contributed by atoms with Gasteiger partial charge in [0.1, 0.15) is 5.69 Å². The van der Waals surface area contributed by atoms with Gasteiger partial charge in [0, 0.05) is 37.2 Å². The molecule has 3 aromatic rings. The summed E-state index contributed by atoms with van der Waals surface area (Å²) >= 11 is 0. The molecule has 0 bridgehead atoms. The Morgan fingerprint density at radius 1 is 1.21 bits per heavy atom. The fourth-order valence-electron chi connectivity index (χ4n) is 3.47. The average Bonchev–Trinajstić information content (AvgIpc) is 3.18. The summed E-state index contributed by atoms with van der Waals surface area (Å²) in [6.07, 6.45) is 6.32. The number of morpholine rings is 1. The first-order valence-corrected chi connectivity index (χ1v) is 9.67. The fourth-order valence-corrected chi connectivity index (χ4v) is 3.47. The minimum Gasteiger partial charge on any atom is -0.375 e. The highest BCUT2D eigenvalue weighted by atomic mass is 16.5. The SMILES string of the molecule is CCC1CN(C(=O)c2cn(Cc3ccccc3)nc2-c2cccnc2)CCO1. The zero-order valence-corrected chi connectivity index (χ0v) is 16.0. The van der Waals surface area contributed by atoms with Crippen molar-refractivity contribution < 1.29 is 9.53 Å². The first-order valence-electron chi connectivity index (χ1n) is 9.67. The molecule has 0 radical (unpaired) electrons. The van der Waals surface area contributed by atoms with Crippen molar-refractivity contribution in [2.75, 3.05) is 19.7 Å². The molecular formula is C22H24N4O2. The van der Waals surface area contributed by atoms with Crippen molar-refractivity contribution in [2.24, 2.45) is 0 Å². The number of hydrogen-bond acceptors (Lipinski definition) is 4. The van der Waals surface area contributed by atoms with Crippen LogP contribution in [0.3, 0.4) is 0 Å². The van der Waals surface area contributed by atoms with Crippen LogP contribution in [0.1, 0.15) is 29.3 Å². The molecule has 2 aromatic heterocycles. The molecule has 6 nitrogen and oxygen atoms in total. The third kappa shape index (κ3) is 3.97. The smallest absolute Gasteiger partial charge is 0.257 e. The number of aromatic nitrogens is 3. The maximum Gasteiger partial charge on any atom is 0.257 e. The van der Waals surface area contributed by atoms with Gasteiger partial charge in [-0.05, 0) is 24.1 Å². The highest BCUT2D eigenvalue weighted by Gasteiger charge is 2.27. The van der Waals surface area contributed by atoms with E-state index in [1.165, 1.54) is 0 Å². The van der Waals surface area contributed by atoms with E-state index in [0.717, 1.165) is 17.5 Å².